The largest absolute Gasteiger partial charge is 0.464 e. The van der Waals surface area contributed by atoms with Gasteiger partial charge in [0, 0.05) is 17.4 Å². The summed E-state index contributed by atoms with van der Waals surface area (Å²) in [6.07, 6.45) is 17.8. The highest BCUT2D eigenvalue weighted by atomic mass is 16.7. The lowest BCUT2D eigenvalue weighted by atomic mass is 9.59. The van der Waals surface area contributed by atoms with Gasteiger partial charge in [0.1, 0.15) is 13.2 Å². The molecule has 6 bridgehead atoms. The number of esters is 2. The number of hydrogen-bond acceptors (Lipinski definition) is 7. The van der Waals surface area contributed by atoms with Crippen LogP contribution in [0.1, 0.15) is 130 Å². The standard InChI is InChI=1S/C37H59NO6/c1-25-13-28-7-4-10-34(15-25,18-28)31(39)41-21-33(22-42-32(40)35-11-5-8-29(19-35)14-26(2)16-35)23-43-37(44-24-33)27(3)17-36(38)12-6-9-30(37)20-36/h25-30H,4-24,38H2,1-3H3. The summed E-state index contributed by atoms with van der Waals surface area (Å²) in [6, 6.07) is 0. The summed E-state index contributed by atoms with van der Waals surface area (Å²) >= 11 is 0. The van der Waals surface area contributed by atoms with Crippen molar-refractivity contribution >= 4 is 11.9 Å². The van der Waals surface area contributed by atoms with Crippen LogP contribution in [0.15, 0.2) is 0 Å². The average Bonchev–Trinajstić information content (AvgIpc) is 2.97. The molecule has 7 heteroatoms. The molecule has 2 N–H and O–H groups in total. The Labute approximate surface area is 265 Å². The number of rotatable bonds is 6. The van der Waals surface area contributed by atoms with Gasteiger partial charge >= 0.3 is 11.9 Å². The average molecular weight is 614 g/mol. The molecule has 44 heavy (non-hydrogen) atoms. The number of nitrogens with two attached hydrogens (primary N) is 1. The summed E-state index contributed by atoms with van der Waals surface area (Å²) in [5.41, 5.74) is 5.25. The lowest BCUT2D eigenvalue weighted by molar-refractivity contribution is -0.369. The predicted molar refractivity (Wildman–Crippen MR) is 167 cm³/mol. The smallest absolute Gasteiger partial charge is 0.312 e. The molecule has 0 aromatic carbocycles. The van der Waals surface area contributed by atoms with E-state index in [2.05, 4.69) is 20.8 Å². The van der Waals surface area contributed by atoms with Crippen molar-refractivity contribution in [1.82, 2.24) is 0 Å². The fourth-order valence-electron chi connectivity index (χ4n) is 12.1. The van der Waals surface area contributed by atoms with Crippen molar-refractivity contribution in [2.45, 2.75) is 141 Å². The molecule has 0 amide bonds. The van der Waals surface area contributed by atoms with E-state index in [1.807, 2.05) is 0 Å². The van der Waals surface area contributed by atoms with Gasteiger partial charge in [-0.3, -0.25) is 9.59 Å². The van der Waals surface area contributed by atoms with Crippen LogP contribution in [0.5, 0.6) is 0 Å². The van der Waals surface area contributed by atoms with Gasteiger partial charge in [0.25, 0.3) is 0 Å². The maximum absolute atomic E-state index is 13.9. The molecule has 9 atom stereocenters. The van der Waals surface area contributed by atoms with Crippen molar-refractivity contribution < 1.29 is 28.5 Å². The van der Waals surface area contributed by atoms with Crippen LogP contribution >= 0.6 is 0 Å². The summed E-state index contributed by atoms with van der Waals surface area (Å²) in [6.45, 7) is 7.86. The highest BCUT2D eigenvalue weighted by Crippen LogP contribution is 2.56. The van der Waals surface area contributed by atoms with Gasteiger partial charge < -0.3 is 24.7 Å². The summed E-state index contributed by atoms with van der Waals surface area (Å²) in [4.78, 5) is 27.8. The first-order valence-corrected chi connectivity index (χ1v) is 18.4. The van der Waals surface area contributed by atoms with Crippen LogP contribution in [-0.4, -0.2) is 49.7 Å². The van der Waals surface area contributed by atoms with Gasteiger partial charge in [-0.15, -0.1) is 0 Å². The molecule has 6 saturated carbocycles. The molecule has 7 aliphatic rings. The SMILES string of the molecule is CC1CC2CCCC(C(=O)OCC3(COC(=O)C45CCCC(CC(C)C4)C5)COC4(OC3)C(C)CC3(N)CCCC4C3)(C1)C2. The molecule has 1 saturated heterocycles. The Hall–Kier alpha value is -1.18. The van der Waals surface area contributed by atoms with E-state index in [-0.39, 0.29) is 53.4 Å². The number of fused-ring (bicyclic) bond motifs is 7. The third kappa shape index (κ3) is 5.57. The van der Waals surface area contributed by atoms with Gasteiger partial charge in [0.05, 0.1) is 29.5 Å². The van der Waals surface area contributed by atoms with Crippen LogP contribution < -0.4 is 5.73 Å². The monoisotopic (exact) mass is 613 g/mol. The van der Waals surface area contributed by atoms with Gasteiger partial charge in [-0.1, -0.05) is 52.9 Å². The molecule has 248 valence electrons. The van der Waals surface area contributed by atoms with E-state index < -0.39 is 11.2 Å². The van der Waals surface area contributed by atoms with E-state index in [1.165, 1.54) is 25.7 Å². The number of carbonyl (C=O) groups is 2. The molecule has 1 aliphatic heterocycles. The van der Waals surface area contributed by atoms with Crippen LogP contribution in [0.2, 0.25) is 0 Å². The summed E-state index contributed by atoms with van der Waals surface area (Å²) in [5, 5.41) is 0. The van der Waals surface area contributed by atoms with Gasteiger partial charge in [0.2, 0.25) is 0 Å². The molecule has 0 aromatic rings. The molecule has 1 spiro atoms. The highest BCUT2D eigenvalue weighted by molar-refractivity contribution is 5.78. The van der Waals surface area contributed by atoms with E-state index in [4.69, 9.17) is 24.7 Å². The zero-order chi connectivity index (χ0) is 30.8. The van der Waals surface area contributed by atoms with E-state index >= 15 is 0 Å². The maximum Gasteiger partial charge on any atom is 0.312 e. The Morgan fingerprint density at radius 3 is 1.77 bits per heavy atom. The molecule has 7 rings (SSSR count). The zero-order valence-electron chi connectivity index (χ0n) is 27.8. The Morgan fingerprint density at radius 2 is 1.23 bits per heavy atom. The summed E-state index contributed by atoms with van der Waals surface area (Å²) < 4.78 is 26.3. The molecule has 0 aromatic heterocycles. The molecule has 6 aliphatic carbocycles. The lowest BCUT2D eigenvalue weighted by Gasteiger charge is -2.59. The maximum atomic E-state index is 13.9. The second kappa shape index (κ2) is 11.5. The Bertz CT molecular complexity index is 1030. The molecule has 7 nitrogen and oxygen atoms in total. The Kier molecular flexibility index (Phi) is 8.22. The van der Waals surface area contributed by atoms with Crippen LogP contribution in [0, 0.1) is 51.8 Å². The van der Waals surface area contributed by atoms with Crippen LogP contribution in [-0.2, 0) is 28.5 Å². The Morgan fingerprint density at radius 1 is 0.705 bits per heavy atom. The molecule has 9 unspecified atom stereocenters. The van der Waals surface area contributed by atoms with Crippen LogP contribution in [0.25, 0.3) is 0 Å². The third-order valence-electron chi connectivity index (χ3n) is 13.8. The highest BCUT2D eigenvalue weighted by Gasteiger charge is 2.60. The van der Waals surface area contributed by atoms with Crippen LogP contribution in [0.3, 0.4) is 0 Å². The number of carbonyl (C=O) groups excluding carboxylic acids is 2. The number of hydrogen-bond donors (Lipinski definition) is 1. The Balaban J connectivity index is 1.08. The normalized spacial score (nSPS) is 50.1. The fourth-order valence-corrected chi connectivity index (χ4v) is 12.1. The van der Waals surface area contributed by atoms with E-state index in [1.54, 1.807) is 0 Å². The zero-order valence-corrected chi connectivity index (χ0v) is 27.8. The minimum Gasteiger partial charge on any atom is -0.464 e. The minimum atomic E-state index is -0.710. The van der Waals surface area contributed by atoms with Crippen molar-refractivity contribution in [2.24, 2.45) is 57.5 Å². The second-order valence-corrected chi connectivity index (χ2v) is 17.8. The quantitative estimate of drug-likeness (QED) is 0.324. The lowest BCUT2D eigenvalue weighted by Crippen LogP contribution is -2.66. The minimum absolute atomic E-state index is 0.0548. The van der Waals surface area contributed by atoms with Gasteiger partial charge in [-0.25, -0.2) is 0 Å². The molecule has 0 radical (unpaired) electrons. The van der Waals surface area contributed by atoms with E-state index in [0.29, 0.717) is 36.9 Å². The van der Waals surface area contributed by atoms with Gasteiger partial charge in [-0.05, 0) is 101 Å². The van der Waals surface area contributed by atoms with Crippen molar-refractivity contribution in [2.75, 3.05) is 26.4 Å². The first kappa shape index (κ1) is 31.4. The molecular formula is C37H59NO6. The first-order valence-electron chi connectivity index (χ1n) is 18.4. The topological polar surface area (TPSA) is 97.1 Å². The predicted octanol–water partition coefficient (Wildman–Crippen LogP) is 6.94. The van der Waals surface area contributed by atoms with Gasteiger partial charge in [0.15, 0.2) is 5.79 Å². The first-order chi connectivity index (χ1) is 21.0. The summed E-state index contributed by atoms with van der Waals surface area (Å²) in [7, 11) is 0. The van der Waals surface area contributed by atoms with E-state index in [9.17, 15) is 9.59 Å². The van der Waals surface area contributed by atoms with Crippen molar-refractivity contribution in [1.29, 1.82) is 0 Å². The molecule has 1 heterocycles. The third-order valence-corrected chi connectivity index (χ3v) is 13.8. The second-order valence-electron chi connectivity index (χ2n) is 17.8. The van der Waals surface area contributed by atoms with Crippen molar-refractivity contribution in [3.05, 3.63) is 0 Å². The molecule has 7 fully saturated rings. The number of ether oxygens (including phenoxy) is 4. The van der Waals surface area contributed by atoms with E-state index in [0.717, 1.165) is 83.5 Å². The van der Waals surface area contributed by atoms with Gasteiger partial charge in [-0.2, -0.15) is 0 Å². The molecular weight excluding hydrogens is 554 g/mol. The fraction of sp³-hybridized carbons (Fsp3) is 0.946. The van der Waals surface area contributed by atoms with Crippen molar-refractivity contribution in [3.8, 4) is 0 Å². The van der Waals surface area contributed by atoms with Crippen molar-refractivity contribution in [3.63, 3.8) is 0 Å². The summed E-state index contributed by atoms with van der Waals surface area (Å²) in [5.74, 6) is 2.02. The van der Waals surface area contributed by atoms with Crippen LogP contribution in [0.4, 0.5) is 0 Å².